The highest BCUT2D eigenvalue weighted by atomic mass is 19.4. The Morgan fingerprint density at radius 2 is 1.71 bits per heavy atom. The number of aromatic nitrogens is 1. The van der Waals surface area contributed by atoms with E-state index in [2.05, 4.69) is 27.3 Å². The standard InChI is InChI=1S/C23H23F3N4O/c24-23(25,26)19-5-1-2-6-21(19)28-22(31)16-30-12-10-29(11-13-30)15-17-7-8-20-18(14-17)4-3-9-27-20/h1-9,14H,10-13,15-16H2,(H,28,31). The smallest absolute Gasteiger partial charge is 0.324 e. The molecule has 1 aliphatic heterocycles. The molecule has 1 fully saturated rings. The number of rotatable bonds is 5. The van der Waals surface area contributed by atoms with Crippen LogP contribution in [0.15, 0.2) is 60.8 Å². The van der Waals surface area contributed by atoms with Crippen molar-refractivity contribution in [3.05, 3.63) is 71.9 Å². The summed E-state index contributed by atoms with van der Waals surface area (Å²) in [6.07, 6.45) is -2.73. The molecule has 1 N–H and O–H groups in total. The van der Waals surface area contributed by atoms with Crippen molar-refractivity contribution in [2.45, 2.75) is 12.7 Å². The second-order valence-electron chi connectivity index (χ2n) is 7.67. The van der Waals surface area contributed by atoms with Gasteiger partial charge >= 0.3 is 6.18 Å². The number of alkyl halides is 3. The number of nitrogens with zero attached hydrogens (tertiary/aromatic N) is 3. The normalized spacial score (nSPS) is 15.8. The largest absolute Gasteiger partial charge is 0.418 e. The van der Waals surface area contributed by atoms with Crippen LogP contribution in [0.3, 0.4) is 0 Å². The van der Waals surface area contributed by atoms with Gasteiger partial charge in [0.05, 0.1) is 23.3 Å². The number of nitrogens with one attached hydrogen (secondary N) is 1. The van der Waals surface area contributed by atoms with E-state index >= 15 is 0 Å². The quantitative estimate of drug-likeness (QED) is 0.667. The maximum Gasteiger partial charge on any atom is 0.418 e. The Kier molecular flexibility index (Phi) is 6.20. The lowest BCUT2D eigenvalue weighted by molar-refractivity contribution is -0.137. The van der Waals surface area contributed by atoms with Crippen LogP contribution in [0.2, 0.25) is 0 Å². The molecule has 0 saturated carbocycles. The molecule has 2 aromatic carbocycles. The number of halogens is 3. The zero-order valence-corrected chi connectivity index (χ0v) is 16.9. The SMILES string of the molecule is O=C(CN1CCN(Cc2ccc3ncccc3c2)CC1)Nc1ccccc1C(F)(F)F. The number of benzene rings is 2. The van der Waals surface area contributed by atoms with Gasteiger partial charge in [-0.15, -0.1) is 0 Å². The monoisotopic (exact) mass is 428 g/mol. The van der Waals surface area contributed by atoms with Gasteiger partial charge in [0.25, 0.3) is 0 Å². The summed E-state index contributed by atoms with van der Waals surface area (Å²) in [5.74, 6) is -0.438. The average Bonchev–Trinajstić information content (AvgIpc) is 2.75. The first-order chi connectivity index (χ1) is 14.9. The minimum Gasteiger partial charge on any atom is -0.324 e. The Hall–Kier alpha value is -2.97. The van der Waals surface area contributed by atoms with Crippen molar-refractivity contribution in [2.75, 3.05) is 38.0 Å². The summed E-state index contributed by atoms with van der Waals surface area (Å²) >= 11 is 0. The second kappa shape index (κ2) is 9.03. The van der Waals surface area contributed by atoms with E-state index in [4.69, 9.17) is 0 Å². The lowest BCUT2D eigenvalue weighted by Gasteiger charge is -2.34. The predicted molar refractivity (Wildman–Crippen MR) is 114 cm³/mol. The van der Waals surface area contributed by atoms with Crippen LogP contribution in [0, 0.1) is 0 Å². The van der Waals surface area contributed by atoms with Gasteiger partial charge in [-0.25, -0.2) is 0 Å². The Labute approximate surface area is 178 Å². The van der Waals surface area contributed by atoms with Crippen LogP contribution in [0.4, 0.5) is 18.9 Å². The van der Waals surface area contributed by atoms with E-state index in [1.807, 2.05) is 23.1 Å². The number of pyridine rings is 1. The zero-order valence-electron chi connectivity index (χ0n) is 16.9. The highest BCUT2D eigenvalue weighted by Gasteiger charge is 2.33. The van der Waals surface area contributed by atoms with E-state index in [0.717, 1.165) is 36.6 Å². The molecular weight excluding hydrogens is 405 g/mol. The molecular formula is C23H23F3N4O. The average molecular weight is 428 g/mol. The molecule has 3 aromatic rings. The van der Waals surface area contributed by atoms with Gasteiger partial charge in [-0.2, -0.15) is 13.2 Å². The van der Waals surface area contributed by atoms with Crippen LogP contribution in [0.25, 0.3) is 10.9 Å². The fourth-order valence-electron chi connectivity index (χ4n) is 3.82. The number of carbonyl (C=O) groups excluding carboxylic acids is 1. The maximum atomic E-state index is 13.1. The molecule has 8 heteroatoms. The first-order valence-corrected chi connectivity index (χ1v) is 10.1. The van der Waals surface area contributed by atoms with Crippen LogP contribution in [0.5, 0.6) is 0 Å². The van der Waals surface area contributed by atoms with E-state index in [1.165, 1.54) is 23.8 Å². The Morgan fingerprint density at radius 1 is 0.968 bits per heavy atom. The number of anilines is 1. The van der Waals surface area contributed by atoms with Crippen LogP contribution in [-0.4, -0.2) is 53.4 Å². The molecule has 1 saturated heterocycles. The second-order valence-corrected chi connectivity index (χ2v) is 7.67. The van der Waals surface area contributed by atoms with Gasteiger partial charge in [0, 0.05) is 44.3 Å². The highest BCUT2D eigenvalue weighted by Crippen LogP contribution is 2.34. The first kappa shape index (κ1) is 21.3. The molecule has 0 atom stereocenters. The van der Waals surface area contributed by atoms with Crippen molar-refractivity contribution in [2.24, 2.45) is 0 Å². The summed E-state index contributed by atoms with van der Waals surface area (Å²) in [5.41, 5.74) is 1.13. The predicted octanol–water partition coefficient (Wildman–Crippen LogP) is 4.01. The molecule has 0 bridgehead atoms. The van der Waals surface area contributed by atoms with Crippen molar-refractivity contribution in [1.29, 1.82) is 0 Å². The van der Waals surface area contributed by atoms with Crippen molar-refractivity contribution < 1.29 is 18.0 Å². The molecule has 4 rings (SSSR count). The van der Waals surface area contributed by atoms with Gasteiger partial charge in [0.1, 0.15) is 0 Å². The topological polar surface area (TPSA) is 48.5 Å². The van der Waals surface area contributed by atoms with Gasteiger partial charge in [0.2, 0.25) is 5.91 Å². The Morgan fingerprint density at radius 3 is 2.48 bits per heavy atom. The first-order valence-electron chi connectivity index (χ1n) is 10.1. The minimum absolute atomic E-state index is 0.0711. The molecule has 2 heterocycles. The zero-order chi connectivity index (χ0) is 21.8. The molecule has 0 radical (unpaired) electrons. The van der Waals surface area contributed by atoms with Crippen LogP contribution < -0.4 is 5.32 Å². The minimum atomic E-state index is -4.51. The van der Waals surface area contributed by atoms with Crippen LogP contribution in [0.1, 0.15) is 11.1 Å². The van der Waals surface area contributed by atoms with E-state index in [0.29, 0.717) is 13.1 Å². The number of carbonyl (C=O) groups is 1. The van der Waals surface area contributed by atoms with Gasteiger partial charge < -0.3 is 5.32 Å². The number of amides is 1. The van der Waals surface area contributed by atoms with Crippen molar-refractivity contribution in [3.63, 3.8) is 0 Å². The van der Waals surface area contributed by atoms with Crippen molar-refractivity contribution in [3.8, 4) is 0 Å². The number of para-hydroxylation sites is 1. The summed E-state index contributed by atoms with van der Waals surface area (Å²) in [4.78, 5) is 20.9. The molecule has 1 aromatic heterocycles. The highest BCUT2D eigenvalue weighted by molar-refractivity contribution is 5.93. The lowest BCUT2D eigenvalue weighted by atomic mass is 10.1. The van der Waals surface area contributed by atoms with Gasteiger partial charge in [-0.1, -0.05) is 24.3 Å². The molecule has 0 aliphatic carbocycles. The number of piperazine rings is 1. The molecule has 1 amide bonds. The Bertz CT molecular complexity index is 1060. The Balaban J connectivity index is 1.28. The van der Waals surface area contributed by atoms with Crippen molar-refractivity contribution in [1.82, 2.24) is 14.8 Å². The van der Waals surface area contributed by atoms with Gasteiger partial charge in [-0.3, -0.25) is 19.6 Å². The third kappa shape index (κ3) is 5.39. The van der Waals surface area contributed by atoms with Gasteiger partial charge in [0.15, 0.2) is 0 Å². The number of hydrogen-bond donors (Lipinski definition) is 1. The van der Waals surface area contributed by atoms with Crippen LogP contribution in [-0.2, 0) is 17.5 Å². The number of fused-ring (bicyclic) bond motifs is 1. The molecule has 5 nitrogen and oxygen atoms in total. The summed E-state index contributed by atoms with van der Waals surface area (Å²) in [7, 11) is 0. The lowest BCUT2D eigenvalue weighted by Crippen LogP contribution is -2.48. The molecule has 0 spiro atoms. The molecule has 162 valence electrons. The van der Waals surface area contributed by atoms with Crippen molar-refractivity contribution >= 4 is 22.5 Å². The molecule has 1 aliphatic rings. The third-order valence-electron chi connectivity index (χ3n) is 5.41. The molecule has 0 unspecified atom stereocenters. The fraction of sp³-hybridized carbons (Fsp3) is 0.304. The summed E-state index contributed by atoms with van der Waals surface area (Å²) in [5, 5.41) is 3.52. The summed E-state index contributed by atoms with van der Waals surface area (Å²) in [6, 6.07) is 15.2. The van der Waals surface area contributed by atoms with Crippen LogP contribution >= 0.6 is 0 Å². The fourth-order valence-corrected chi connectivity index (χ4v) is 3.82. The molecule has 31 heavy (non-hydrogen) atoms. The summed E-state index contributed by atoms with van der Waals surface area (Å²) < 4.78 is 39.3. The number of hydrogen-bond acceptors (Lipinski definition) is 4. The van der Waals surface area contributed by atoms with E-state index in [1.54, 1.807) is 6.20 Å². The van der Waals surface area contributed by atoms with Gasteiger partial charge in [-0.05, 0) is 35.9 Å². The van der Waals surface area contributed by atoms with E-state index in [-0.39, 0.29) is 12.2 Å². The van der Waals surface area contributed by atoms with E-state index < -0.39 is 17.6 Å². The summed E-state index contributed by atoms with van der Waals surface area (Å²) in [6.45, 7) is 3.83. The maximum absolute atomic E-state index is 13.1. The third-order valence-corrected chi connectivity index (χ3v) is 5.41. The van der Waals surface area contributed by atoms with E-state index in [9.17, 15) is 18.0 Å².